The number of ether oxygens (including phenoxy) is 3. The van der Waals surface area contributed by atoms with E-state index in [0.29, 0.717) is 35.4 Å². The third-order valence-electron chi connectivity index (χ3n) is 22.6. The third kappa shape index (κ3) is 17.3. The maximum Gasteiger partial charge on any atom is 0.262 e. The maximum absolute atomic E-state index is 14.4. The first-order valence-electron chi connectivity index (χ1n) is 37.1. The second-order valence-electron chi connectivity index (χ2n) is 29.1. The Hall–Kier alpha value is -5.34. The molecule has 0 radical (unpaired) electrons. The molecule has 12 aliphatic rings. The van der Waals surface area contributed by atoms with E-state index in [1.807, 2.05) is 12.0 Å². The average Bonchev–Trinajstić information content (AvgIpc) is 1.54. The van der Waals surface area contributed by atoms with E-state index >= 15 is 0 Å². The number of fused-ring (bicyclic) bond motifs is 9. The van der Waals surface area contributed by atoms with Crippen molar-refractivity contribution >= 4 is 80.5 Å². The second kappa shape index (κ2) is 38.0. The number of hydrogen-bond acceptors (Lipinski definition) is 13. The number of carbonyl (C=O) groups is 3. The summed E-state index contributed by atoms with van der Waals surface area (Å²) in [6.45, 7) is 11.9. The number of benzene rings is 3. The number of amidine groups is 1. The molecule has 7 N–H and O–H groups in total. The molecule has 15 rings (SSSR count). The van der Waals surface area contributed by atoms with Crippen LogP contribution in [0.5, 0.6) is 0 Å². The molecule has 3 aliphatic heterocycles. The van der Waals surface area contributed by atoms with Gasteiger partial charge in [0.1, 0.15) is 0 Å². The zero-order valence-corrected chi connectivity index (χ0v) is 64.2. The van der Waals surface area contributed by atoms with Gasteiger partial charge in [-0.05, 0) is 261 Å². The van der Waals surface area contributed by atoms with Crippen molar-refractivity contribution < 1.29 is 33.7 Å². The molecular weight excluding hydrogens is 1440 g/mol. The van der Waals surface area contributed by atoms with Crippen molar-refractivity contribution in [1.82, 2.24) is 20.4 Å². The molecule has 3 heterocycles. The molecule has 3 atom stereocenters. The number of guanidine groups is 1. The lowest BCUT2D eigenvalue weighted by Gasteiger charge is -2.46. The molecule has 566 valence electrons. The second-order valence-corrected chi connectivity index (χ2v) is 31.7. The summed E-state index contributed by atoms with van der Waals surface area (Å²) in [6, 6.07) is 19.4. The van der Waals surface area contributed by atoms with Crippen LogP contribution < -0.4 is 22.1 Å². The third-order valence-corrected chi connectivity index (χ3v) is 25.1. The molecule has 6 spiro atoms. The number of halogens is 1. The number of rotatable bonds is 10. The molecule has 3 unspecified atom stereocenters. The highest BCUT2D eigenvalue weighted by molar-refractivity contribution is 14.1. The first-order chi connectivity index (χ1) is 48.0. The number of nitrogens with one attached hydrogen (secondary N) is 2. The van der Waals surface area contributed by atoms with Gasteiger partial charge in [0.05, 0.1) is 18.3 Å². The fraction of sp³-hybridized carbons (Fsp3) is 0.647. The summed E-state index contributed by atoms with van der Waals surface area (Å²) in [5.41, 5.74) is 17.8. The molecule has 7 fully saturated rings. The lowest BCUT2D eigenvalue weighted by atomic mass is 9.61. The van der Waals surface area contributed by atoms with Gasteiger partial charge in [-0.1, -0.05) is 145 Å². The van der Waals surface area contributed by atoms with Crippen LogP contribution in [0.15, 0.2) is 64.6 Å². The summed E-state index contributed by atoms with van der Waals surface area (Å²) in [6.07, 6.45) is 26.5. The summed E-state index contributed by atoms with van der Waals surface area (Å²) in [7, 11) is 6.88. The number of aliphatic hydroxyl groups is 1. The van der Waals surface area contributed by atoms with Crippen LogP contribution in [0.4, 0.5) is 0 Å². The molecule has 103 heavy (non-hydrogen) atoms. The minimum atomic E-state index is -0.905. The minimum Gasteiger partial charge on any atom is -0.397 e. The number of alkyl halides is 1. The number of aliphatic hydroxyl groups excluding tert-OH is 1. The summed E-state index contributed by atoms with van der Waals surface area (Å²) >= 11 is 9.47. The van der Waals surface area contributed by atoms with Crippen LogP contribution in [0.1, 0.15) is 256 Å². The standard InChI is InChI=1S/C28H36N2O2S.C25H31N3O2.C22H24N2O2S.C3H7I.C2H6O.CH5N.4CH4/c1-4-16-30-25(31)28(29-26(30)33-17-5-2)24-18-21(9-8-20-6-7-20)10-11-22(24)19-27(28)14-12-23(32-3)13-15-27;1-3-14-28-22(29)25(27-23(28)26)21-15-18(7-6-17-4-5-17)8-9-19(21)16-24(25)12-10-20(30-2)11-13-24;1-26-17-8-10-21(11-9-17)13-16-7-6-15(5-4-14-2-3-14)12-18(16)22(21)19(25)23-20(27)24-22;1-2-3-4;1-2-3;1-2;;;;/h10-11,18,20,23H,4-7,12-17,19H2,1-3H3;8-9,15,17,20H,3-5,10-14,16H2,1-2H3,(H2,26,27);6-7,12,14,17H,2-3,8-11,13H2,1H3,(H2,23,24,25,27);2-3H2,1H3;3H,2H2,1H3;2H2,1H3;4*1H4. The van der Waals surface area contributed by atoms with Crippen molar-refractivity contribution in [2.75, 3.05) is 58.3 Å². The van der Waals surface area contributed by atoms with Crippen molar-refractivity contribution in [2.45, 2.75) is 260 Å². The smallest absolute Gasteiger partial charge is 0.262 e. The Balaban J connectivity index is 0.000000226. The highest BCUT2D eigenvalue weighted by Gasteiger charge is 2.69. The SMILES string of the molecule is C.C.C.C.CCCI.CCCN1C(=O)C2(N=C1N)c1cc(C#CC3CC3)ccc1CC21CCC(OC)CC1.CCCSC1=NC2(C(=O)N1CCC)c1cc(C#CC3CC3)ccc1CC21CCC(OC)CC1.CCO.CN.COC1CCC2(CC1)Cc1ccc(C#CC3CC3)cc1C21NC(=S)NC1=O. The van der Waals surface area contributed by atoms with Crippen LogP contribution in [-0.2, 0) is 64.5 Å². The molecule has 9 aliphatic carbocycles. The number of carbonyl (C=O) groups excluding carboxylic acids is 3. The Morgan fingerprint density at radius 3 is 1.28 bits per heavy atom. The summed E-state index contributed by atoms with van der Waals surface area (Å²) in [5.74, 6) is 23.4. The fourth-order valence-corrected chi connectivity index (χ4v) is 18.3. The van der Waals surface area contributed by atoms with Crippen LogP contribution in [-0.4, -0.2) is 125 Å². The highest BCUT2D eigenvalue weighted by atomic mass is 127. The van der Waals surface area contributed by atoms with Gasteiger partial charge in [-0.3, -0.25) is 24.2 Å². The van der Waals surface area contributed by atoms with Gasteiger partial charge in [-0.2, -0.15) is 0 Å². The van der Waals surface area contributed by atoms with Crippen LogP contribution in [0.3, 0.4) is 0 Å². The van der Waals surface area contributed by atoms with Crippen LogP contribution in [0.2, 0.25) is 0 Å². The predicted molar refractivity (Wildman–Crippen MR) is 438 cm³/mol. The lowest BCUT2D eigenvalue weighted by Crippen LogP contribution is -2.56. The van der Waals surface area contributed by atoms with E-state index in [9.17, 15) is 14.4 Å². The Morgan fingerprint density at radius 2 is 0.922 bits per heavy atom. The molecule has 15 nitrogen and oxygen atoms in total. The van der Waals surface area contributed by atoms with Gasteiger partial charge >= 0.3 is 0 Å². The normalized spacial score (nSPS) is 28.7. The van der Waals surface area contributed by atoms with Crippen LogP contribution in [0.25, 0.3) is 0 Å². The monoisotopic (exact) mass is 1560 g/mol. The Morgan fingerprint density at radius 1 is 0.563 bits per heavy atom. The molecule has 3 amide bonds. The van der Waals surface area contributed by atoms with Crippen molar-refractivity contribution in [3.8, 4) is 35.5 Å². The number of thiocarbonyl (C=S) groups is 1. The van der Waals surface area contributed by atoms with E-state index in [1.54, 1.807) is 37.8 Å². The number of hydrogen-bond donors (Lipinski definition) is 5. The van der Waals surface area contributed by atoms with Gasteiger partial charge in [0, 0.05) is 97.5 Å². The number of aliphatic imine (C=N–C) groups is 2. The van der Waals surface area contributed by atoms with Crippen molar-refractivity contribution in [1.29, 1.82) is 0 Å². The quantitative estimate of drug-likeness (QED) is 0.0556. The summed E-state index contributed by atoms with van der Waals surface area (Å²) in [4.78, 5) is 55.8. The zero-order chi connectivity index (χ0) is 70.8. The van der Waals surface area contributed by atoms with Crippen LogP contribution >= 0.6 is 46.6 Å². The molecule has 0 aromatic heterocycles. The number of methoxy groups -OCH3 is 3. The maximum atomic E-state index is 14.4. The Bertz CT molecular complexity index is 3670. The van der Waals surface area contributed by atoms with Gasteiger partial charge in [0.25, 0.3) is 17.7 Å². The Kier molecular flexibility index (Phi) is 31.9. The molecule has 18 heteroatoms. The van der Waals surface area contributed by atoms with E-state index in [4.69, 9.17) is 47.3 Å². The van der Waals surface area contributed by atoms with E-state index < -0.39 is 16.6 Å². The topological polar surface area (TPSA) is 206 Å². The Labute approximate surface area is 643 Å². The fourth-order valence-electron chi connectivity index (χ4n) is 17.1. The molecule has 3 aromatic rings. The van der Waals surface area contributed by atoms with E-state index in [2.05, 4.69) is 157 Å². The molecule has 6 saturated carbocycles. The van der Waals surface area contributed by atoms with E-state index in [-0.39, 0.29) is 88.6 Å². The number of thioether (sulfide) groups is 1. The van der Waals surface area contributed by atoms with Gasteiger partial charge in [0.15, 0.2) is 32.9 Å². The number of nitrogens with zero attached hydrogens (tertiary/aromatic N) is 4. The zero-order valence-electron chi connectivity index (χ0n) is 60.4. The van der Waals surface area contributed by atoms with Crippen molar-refractivity contribution in [2.24, 2.45) is 55.5 Å². The highest BCUT2D eigenvalue weighted by Crippen LogP contribution is 2.65. The number of amides is 3. The summed E-state index contributed by atoms with van der Waals surface area (Å²) < 4.78 is 18.2. The first kappa shape index (κ1) is 86.6. The van der Waals surface area contributed by atoms with E-state index in [1.165, 1.54) is 73.1 Å². The van der Waals surface area contributed by atoms with E-state index in [0.717, 1.165) is 166 Å². The largest absolute Gasteiger partial charge is 0.397 e. The molecule has 1 saturated heterocycles. The average molecular weight is 1560 g/mol. The van der Waals surface area contributed by atoms with Gasteiger partial charge in [-0.15, -0.1) is 0 Å². The summed E-state index contributed by atoms with van der Waals surface area (Å²) in [5, 5.41) is 15.2. The van der Waals surface area contributed by atoms with Crippen molar-refractivity contribution in [3.63, 3.8) is 0 Å². The lowest BCUT2D eigenvalue weighted by molar-refractivity contribution is -0.139. The van der Waals surface area contributed by atoms with Gasteiger partial charge in [-0.25, -0.2) is 9.98 Å². The van der Waals surface area contributed by atoms with Crippen LogP contribution in [0, 0.1) is 69.5 Å². The molecule has 3 aromatic carbocycles. The first-order valence-corrected chi connectivity index (χ1v) is 40.0. The van der Waals surface area contributed by atoms with Crippen molar-refractivity contribution in [3.05, 3.63) is 105 Å². The number of nitrogens with two attached hydrogens (primary N) is 2. The molecule has 0 bridgehead atoms. The van der Waals surface area contributed by atoms with Gasteiger partial charge < -0.3 is 41.4 Å². The molecular formula is C85H125IN8O7S2. The predicted octanol–water partition coefficient (Wildman–Crippen LogP) is 15.6. The van der Waals surface area contributed by atoms with Gasteiger partial charge in [0.2, 0.25) is 0 Å². The minimum absolute atomic E-state index is 0.